The highest BCUT2D eigenvalue weighted by Crippen LogP contribution is 2.61. The first-order chi connectivity index (χ1) is 12.7. The van der Waals surface area contributed by atoms with Crippen molar-refractivity contribution in [3.63, 3.8) is 0 Å². The Kier molecular flexibility index (Phi) is 5.93. The van der Waals surface area contributed by atoms with E-state index in [4.69, 9.17) is 9.47 Å². The summed E-state index contributed by atoms with van der Waals surface area (Å²) >= 11 is 0. The first kappa shape index (κ1) is 20.7. The first-order valence-corrected chi connectivity index (χ1v) is 11.1. The quantitative estimate of drug-likeness (QED) is 0.549. The van der Waals surface area contributed by atoms with Gasteiger partial charge >= 0.3 is 11.9 Å². The van der Waals surface area contributed by atoms with Gasteiger partial charge in [-0.15, -0.1) is 0 Å². The summed E-state index contributed by atoms with van der Waals surface area (Å²) in [5.41, 5.74) is -0.885. The zero-order valence-corrected chi connectivity index (χ0v) is 17.9. The van der Waals surface area contributed by atoms with Gasteiger partial charge in [0, 0.05) is 0 Å². The number of rotatable bonds is 8. The lowest BCUT2D eigenvalue weighted by Crippen LogP contribution is -2.60. The largest absolute Gasteiger partial charge is 0.456 e. The van der Waals surface area contributed by atoms with Gasteiger partial charge in [0.1, 0.15) is 5.60 Å². The summed E-state index contributed by atoms with van der Waals surface area (Å²) in [6, 6.07) is 0. The third kappa shape index (κ3) is 4.05. The van der Waals surface area contributed by atoms with Crippen LogP contribution >= 0.6 is 0 Å². The highest BCUT2D eigenvalue weighted by Gasteiger charge is 2.59. The molecule has 0 heterocycles. The molecule has 0 N–H and O–H groups in total. The van der Waals surface area contributed by atoms with E-state index in [9.17, 15) is 9.59 Å². The third-order valence-electron chi connectivity index (χ3n) is 7.95. The van der Waals surface area contributed by atoms with Gasteiger partial charge in [0.2, 0.25) is 0 Å². The lowest BCUT2D eigenvalue weighted by molar-refractivity contribution is -0.219. The SMILES string of the molecule is CCC(C)CC1(OC(=O)COC(=O)C(C)(C)CC)C2CC3CC(C2)CC1C3. The number of hydrogen-bond acceptors (Lipinski definition) is 4. The first-order valence-electron chi connectivity index (χ1n) is 11.1. The molecule has 0 aromatic rings. The van der Waals surface area contributed by atoms with E-state index in [0.29, 0.717) is 24.2 Å². The minimum atomic E-state index is -0.558. The summed E-state index contributed by atoms with van der Waals surface area (Å²) < 4.78 is 11.6. The molecule has 0 spiro atoms. The monoisotopic (exact) mass is 378 g/mol. The minimum Gasteiger partial charge on any atom is -0.456 e. The molecule has 0 aromatic carbocycles. The standard InChI is InChI=1S/C23H38O4/c1-6-15(3)13-23(18-9-16-8-17(11-18)12-19(23)10-16)27-20(24)14-26-21(25)22(4,5)7-2/h15-19H,6-14H2,1-5H3. The van der Waals surface area contributed by atoms with Gasteiger partial charge in [-0.2, -0.15) is 0 Å². The Morgan fingerprint density at radius 3 is 2.07 bits per heavy atom. The third-order valence-corrected chi connectivity index (χ3v) is 7.95. The van der Waals surface area contributed by atoms with Crippen molar-refractivity contribution >= 4 is 11.9 Å². The van der Waals surface area contributed by atoms with Crippen LogP contribution in [0, 0.1) is 35.0 Å². The lowest BCUT2D eigenvalue weighted by atomic mass is 9.48. The molecular weight excluding hydrogens is 340 g/mol. The average molecular weight is 379 g/mol. The maximum absolute atomic E-state index is 12.7. The average Bonchev–Trinajstić information content (AvgIpc) is 2.63. The summed E-state index contributed by atoms with van der Waals surface area (Å²) in [6.07, 6.45) is 8.96. The second kappa shape index (κ2) is 7.75. The van der Waals surface area contributed by atoms with Crippen molar-refractivity contribution in [1.29, 1.82) is 0 Å². The number of carbonyl (C=O) groups excluding carboxylic acids is 2. The van der Waals surface area contributed by atoms with Crippen molar-refractivity contribution in [2.45, 2.75) is 91.6 Å². The van der Waals surface area contributed by atoms with Crippen LogP contribution in [0.25, 0.3) is 0 Å². The highest BCUT2D eigenvalue weighted by atomic mass is 16.6. The fraction of sp³-hybridized carbons (Fsp3) is 0.913. The van der Waals surface area contributed by atoms with Crippen molar-refractivity contribution in [3.8, 4) is 0 Å². The molecule has 4 aliphatic carbocycles. The normalized spacial score (nSPS) is 35.7. The van der Waals surface area contributed by atoms with Crippen LogP contribution in [-0.2, 0) is 19.1 Å². The predicted molar refractivity (Wildman–Crippen MR) is 105 cm³/mol. The van der Waals surface area contributed by atoms with Crippen molar-refractivity contribution in [2.75, 3.05) is 6.61 Å². The maximum Gasteiger partial charge on any atom is 0.344 e. The minimum absolute atomic E-state index is 0.253. The molecule has 4 aliphatic rings. The van der Waals surface area contributed by atoms with Gasteiger partial charge in [-0.05, 0) is 88.4 Å². The van der Waals surface area contributed by atoms with Crippen LogP contribution in [0.2, 0.25) is 0 Å². The predicted octanol–water partition coefficient (Wildman–Crippen LogP) is 5.14. The molecule has 4 nitrogen and oxygen atoms in total. The summed E-state index contributed by atoms with van der Waals surface area (Å²) in [4.78, 5) is 24.9. The summed E-state index contributed by atoms with van der Waals surface area (Å²) in [5, 5.41) is 0. The molecule has 0 aliphatic heterocycles. The van der Waals surface area contributed by atoms with Crippen LogP contribution < -0.4 is 0 Å². The van der Waals surface area contributed by atoms with Gasteiger partial charge in [-0.1, -0.05) is 27.2 Å². The Hall–Kier alpha value is -1.06. The number of carbonyl (C=O) groups is 2. The van der Waals surface area contributed by atoms with E-state index in [1.807, 2.05) is 20.8 Å². The fourth-order valence-corrected chi connectivity index (χ4v) is 5.92. The molecule has 0 saturated heterocycles. The van der Waals surface area contributed by atoms with E-state index >= 15 is 0 Å². The zero-order chi connectivity index (χ0) is 19.8. The van der Waals surface area contributed by atoms with Gasteiger partial charge < -0.3 is 9.47 Å². The van der Waals surface area contributed by atoms with E-state index in [-0.39, 0.29) is 24.1 Å². The Balaban J connectivity index is 1.69. The molecular formula is C23H38O4. The van der Waals surface area contributed by atoms with E-state index in [0.717, 1.165) is 24.7 Å². The molecule has 1 unspecified atom stereocenters. The molecule has 1 atom stereocenters. The topological polar surface area (TPSA) is 52.6 Å². The maximum atomic E-state index is 12.7. The number of hydrogen-bond donors (Lipinski definition) is 0. The molecule has 0 radical (unpaired) electrons. The smallest absolute Gasteiger partial charge is 0.344 e. The van der Waals surface area contributed by atoms with Crippen molar-refractivity contribution in [2.24, 2.45) is 35.0 Å². The van der Waals surface area contributed by atoms with Crippen LogP contribution in [0.1, 0.15) is 86.0 Å². The van der Waals surface area contributed by atoms with Gasteiger partial charge in [0.25, 0.3) is 0 Å². The van der Waals surface area contributed by atoms with Crippen molar-refractivity contribution < 1.29 is 19.1 Å². The molecule has 0 aromatic heterocycles. The number of esters is 2. The van der Waals surface area contributed by atoms with Crippen LogP contribution in [0.3, 0.4) is 0 Å². The van der Waals surface area contributed by atoms with E-state index in [1.54, 1.807) is 0 Å². The molecule has 4 saturated carbocycles. The zero-order valence-electron chi connectivity index (χ0n) is 17.9. The second-order valence-electron chi connectivity index (χ2n) is 10.3. The van der Waals surface area contributed by atoms with Crippen LogP contribution in [0.5, 0.6) is 0 Å². The molecule has 4 bridgehead atoms. The van der Waals surface area contributed by atoms with Gasteiger partial charge in [0.05, 0.1) is 5.41 Å². The van der Waals surface area contributed by atoms with E-state index in [1.165, 1.54) is 32.1 Å². The fourth-order valence-electron chi connectivity index (χ4n) is 5.92. The molecule has 4 rings (SSSR count). The Bertz CT molecular complexity index is 537. The second-order valence-corrected chi connectivity index (χ2v) is 10.3. The Morgan fingerprint density at radius 2 is 1.59 bits per heavy atom. The molecule has 0 amide bonds. The highest BCUT2D eigenvalue weighted by molar-refractivity contribution is 5.80. The lowest BCUT2D eigenvalue weighted by Gasteiger charge is -2.60. The van der Waals surface area contributed by atoms with E-state index in [2.05, 4.69) is 13.8 Å². The number of ether oxygens (including phenoxy) is 2. The summed E-state index contributed by atoms with van der Waals surface area (Å²) in [5.74, 6) is 2.52. The van der Waals surface area contributed by atoms with Crippen molar-refractivity contribution in [3.05, 3.63) is 0 Å². The van der Waals surface area contributed by atoms with Gasteiger partial charge in [-0.3, -0.25) is 4.79 Å². The molecule has 4 heteroatoms. The summed E-state index contributed by atoms with van der Waals surface area (Å²) in [6.45, 7) is 9.88. The van der Waals surface area contributed by atoms with Gasteiger partial charge in [-0.25, -0.2) is 4.79 Å². The van der Waals surface area contributed by atoms with Crippen LogP contribution in [0.15, 0.2) is 0 Å². The Labute approximate surface area is 164 Å². The van der Waals surface area contributed by atoms with Crippen LogP contribution in [-0.4, -0.2) is 24.1 Å². The van der Waals surface area contributed by atoms with E-state index < -0.39 is 5.41 Å². The molecule has 27 heavy (non-hydrogen) atoms. The Morgan fingerprint density at radius 1 is 1.04 bits per heavy atom. The molecule has 154 valence electrons. The molecule has 4 fully saturated rings. The summed E-state index contributed by atoms with van der Waals surface area (Å²) in [7, 11) is 0. The van der Waals surface area contributed by atoms with Crippen molar-refractivity contribution in [1.82, 2.24) is 0 Å². The van der Waals surface area contributed by atoms with Gasteiger partial charge in [0.15, 0.2) is 6.61 Å². The van der Waals surface area contributed by atoms with Crippen LogP contribution in [0.4, 0.5) is 0 Å².